The standard InChI is InChI=1S/C22H31N5O2.HI/c1-3-23-22(26-12-6-10-20(17-26)21(28)29-4-2)24-15-18-8-5-9-19(14-18)16-27-13-7-11-25-27;/h5,7-9,11,13-14,20H,3-4,6,10,12,15-17H2,1-2H3,(H,23,24);1H. The average Bonchev–Trinajstić information content (AvgIpc) is 3.25. The maximum atomic E-state index is 12.2. The fraction of sp³-hybridized carbons (Fsp3) is 0.500. The second kappa shape index (κ2) is 12.6. The smallest absolute Gasteiger partial charge is 0.310 e. The summed E-state index contributed by atoms with van der Waals surface area (Å²) in [6.45, 7) is 8.04. The molecule has 1 N–H and O–H groups in total. The highest BCUT2D eigenvalue weighted by Crippen LogP contribution is 2.18. The predicted molar refractivity (Wildman–Crippen MR) is 129 cm³/mol. The van der Waals surface area contributed by atoms with Crippen LogP contribution in [0.1, 0.15) is 37.8 Å². The Hall–Kier alpha value is -2.10. The fourth-order valence-corrected chi connectivity index (χ4v) is 3.62. The van der Waals surface area contributed by atoms with Gasteiger partial charge in [-0.3, -0.25) is 9.48 Å². The number of nitrogens with one attached hydrogen (secondary N) is 1. The van der Waals surface area contributed by atoms with Crippen LogP contribution in [-0.4, -0.2) is 52.9 Å². The molecule has 1 saturated heterocycles. The van der Waals surface area contributed by atoms with Crippen LogP contribution >= 0.6 is 24.0 Å². The molecule has 2 heterocycles. The molecule has 1 aromatic heterocycles. The lowest BCUT2D eigenvalue weighted by Gasteiger charge is -2.34. The topological polar surface area (TPSA) is 71.8 Å². The molecule has 0 radical (unpaired) electrons. The van der Waals surface area contributed by atoms with Crippen molar-refractivity contribution in [1.82, 2.24) is 20.0 Å². The zero-order chi connectivity index (χ0) is 20.5. The van der Waals surface area contributed by atoms with Crippen LogP contribution in [0.5, 0.6) is 0 Å². The van der Waals surface area contributed by atoms with Gasteiger partial charge in [0.15, 0.2) is 5.96 Å². The third-order valence-electron chi connectivity index (χ3n) is 4.98. The van der Waals surface area contributed by atoms with Crippen molar-refractivity contribution in [1.29, 1.82) is 0 Å². The minimum absolute atomic E-state index is 0. The van der Waals surface area contributed by atoms with Crippen LogP contribution < -0.4 is 5.32 Å². The number of hydrogen-bond acceptors (Lipinski definition) is 4. The van der Waals surface area contributed by atoms with Crippen LogP contribution in [0.3, 0.4) is 0 Å². The number of guanidine groups is 1. The van der Waals surface area contributed by atoms with Gasteiger partial charge in [-0.05, 0) is 43.9 Å². The second-order valence-electron chi connectivity index (χ2n) is 7.23. The van der Waals surface area contributed by atoms with Crippen molar-refractivity contribution in [2.24, 2.45) is 10.9 Å². The van der Waals surface area contributed by atoms with Crippen LogP contribution in [0.25, 0.3) is 0 Å². The Kier molecular flexibility index (Phi) is 10.1. The van der Waals surface area contributed by atoms with E-state index >= 15 is 0 Å². The summed E-state index contributed by atoms with van der Waals surface area (Å²) in [5, 5.41) is 7.64. The summed E-state index contributed by atoms with van der Waals surface area (Å²) < 4.78 is 7.13. The van der Waals surface area contributed by atoms with Crippen LogP contribution in [-0.2, 0) is 22.6 Å². The second-order valence-corrected chi connectivity index (χ2v) is 7.23. The number of rotatable bonds is 7. The van der Waals surface area contributed by atoms with Gasteiger partial charge in [0.2, 0.25) is 0 Å². The first kappa shape index (κ1) is 24.2. The van der Waals surface area contributed by atoms with E-state index in [1.807, 2.05) is 23.9 Å². The molecular formula is C22H32IN5O2. The molecule has 0 aliphatic carbocycles. The molecule has 2 aromatic rings. The van der Waals surface area contributed by atoms with E-state index in [9.17, 15) is 4.79 Å². The van der Waals surface area contributed by atoms with Crippen LogP contribution in [0, 0.1) is 5.92 Å². The molecule has 1 aromatic carbocycles. The van der Waals surface area contributed by atoms with Crippen LogP contribution in [0.2, 0.25) is 0 Å². The minimum Gasteiger partial charge on any atom is -0.466 e. The highest BCUT2D eigenvalue weighted by atomic mass is 127. The van der Waals surface area contributed by atoms with Crippen molar-refractivity contribution < 1.29 is 9.53 Å². The normalized spacial score (nSPS) is 16.7. The van der Waals surface area contributed by atoms with Crippen molar-refractivity contribution in [2.45, 2.75) is 39.8 Å². The highest BCUT2D eigenvalue weighted by molar-refractivity contribution is 14.0. The lowest BCUT2D eigenvalue weighted by Crippen LogP contribution is -2.48. The van der Waals surface area contributed by atoms with E-state index in [2.05, 4.69) is 46.5 Å². The largest absolute Gasteiger partial charge is 0.466 e. The molecule has 0 bridgehead atoms. The quantitative estimate of drug-likeness (QED) is 0.260. The minimum atomic E-state index is -0.0978. The zero-order valence-electron chi connectivity index (χ0n) is 17.8. The lowest BCUT2D eigenvalue weighted by atomic mass is 9.98. The predicted octanol–water partition coefficient (Wildman–Crippen LogP) is 3.29. The number of esters is 1. The highest BCUT2D eigenvalue weighted by Gasteiger charge is 2.28. The maximum absolute atomic E-state index is 12.2. The molecule has 1 aliphatic heterocycles. The molecule has 0 spiro atoms. The Labute approximate surface area is 195 Å². The summed E-state index contributed by atoms with van der Waals surface area (Å²) in [6, 6.07) is 10.4. The van der Waals surface area contributed by atoms with E-state index in [0.29, 0.717) is 19.7 Å². The SMILES string of the molecule is CCNC(=NCc1cccc(Cn2cccn2)c1)N1CCCC(C(=O)OCC)C1.I. The number of ether oxygens (including phenoxy) is 1. The number of hydrogen-bond donors (Lipinski definition) is 1. The van der Waals surface area contributed by atoms with E-state index in [1.54, 1.807) is 6.20 Å². The van der Waals surface area contributed by atoms with Gasteiger partial charge in [-0.15, -0.1) is 24.0 Å². The van der Waals surface area contributed by atoms with E-state index in [-0.39, 0.29) is 35.9 Å². The number of likely N-dealkylation sites (tertiary alicyclic amines) is 1. The first-order chi connectivity index (χ1) is 14.2. The Morgan fingerprint density at radius 2 is 2.13 bits per heavy atom. The molecule has 1 atom stereocenters. The molecule has 1 fully saturated rings. The van der Waals surface area contributed by atoms with Gasteiger partial charge in [-0.2, -0.15) is 5.10 Å². The Balaban J connectivity index is 0.00000320. The van der Waals surface area contributed by atoms with Gasteiger partial charge in [-0.25, -0.2) is 4.99 Å². The van der Waals surface area contributed by atoms with Gasteiger partial charge in [0.05, 0.1) is 25.6 Å². The van der Waals surface area contributed by atoms with Gasteiger partial charge in [-0.1, -0.05) is 24.3 Å². The van der Waals surface area contributed by atoms with Gasteiger partial charge >= 0.3 is 5.97 Å². The Morgan fingerprint density at radius 3 is 2.87 bits per heavy atom. The van der Waals surface area contributed by atoms with Crippen molar-refractivity contribution in [3.8, 4) is 0 Å². The van der Waals surface area contributed by atoms with E-state index in [4.69, 9.17) is 9.73 Å². The molecule has 0 amide bonds. The monoisotopic (exact) mass is 525 g/mol. The first-order valence-electron chi connectivity index (χ1n) is 10.4. The van der Waals surface area contributed by atoms with Crippen molar-refractivity contribution >= 4 is 35.9 Å². The number of piperidine rings is 1. The number of halogens is 1. The molecule has 164 valence electrons. The van der Waals surface area contributed by atoms with Crippen LogP contribution in [0.15, 0.2) is 47.7 Å². The molecule has 1 unspecified atom stereocenters. The first-order valence-corrected chi connectivity index (χ1v) is 10.4. The van der Waals surface area contributed by atoms with Gasteiger partial charge in [0.1, 0.15) is 0 Å². The number of nitrogens with zero attached hydrogens (tertiary/aromatic N) is 4. The number of benzene rings is 1. The average molecular weight is 525 g/mol. The molecule has 30 heavy (non-hydrogen) atoms. The summed E-state index contributed by atoms with van der Waals surface area (Å²) >= 11 is 0. The Morgan fingerprint density at radius 1 is 1.30 bits per heavy atom. The summed E-state index contributed by atoms with van der Waals surface area (Å²) in [5.41, 5.74) is 2.36. The number of aliphatic imine (C=N–C) groups is 1. The molecular weight excluding hydrogens is 493 g/mol. The molecule has 0 saturated carbocycles. The van der Waals surface area contributed by atoms with Crippen LogP contribution in [0.4, 0.5) is 0 Å². The summed E-state index contributed by atoms with van der Waals surface area (Å²) in [5.74, 6) is 0.684. The van der Waals surface area contributed by atoms with Crippen molar-refractivity contribution in [2.75, 3.05) is 26.2 Å². The van der Waals surface area contributed by atoms with Gasteiger partial charge in [0.25, 0.3) is 0 Å². The van der Waals surface area contributed by atoms with E-state index in [0.717, 1.165) is 44.0 Å². The van der Waals surface area contributed by atoms with E-state index in [1.165, 1.54) is 5.56 Å². The van der Waals surface area contributed by atoms with E-state index < -0.39 is 0 Å². The lowest BCUT2D eigenvalue weighted by molar-refractivity contribution is -0.149. The zero-order valence-corrected chi connectivity index (χ0v) is 20.1. The van der Waals surface area contributed by atoms with Crippen molar-refractivity contribution in [3.63, 3.8) is 0 Å². The number of carbonyl (C=O) groups is 1. The van der Waals surface area contributed by atoms with Gasteiger partial charge in [0, 0.05) is 32.0 Å². The molecule has 3 rings (SSSR count). The molecule has 8 heteroatoms. The third kappa shape index (κ3) is 7.00. The number of carbonyl (C=O) groups excluding carboxylic acids is 1. The Bertz CT molecular complexity index is 810. The molecule has 1 aliphatic rings. The van der Waals surface area contributed by atoms with Crippen molar-refractivity contribution in [3.05, 3.63) is 53.9 Å². The summed E-state index contributed by atoms with van der Waals surface area (Å²) in [7, 11) is 0. The summed E-state index contributed by atoms with van der Waals surface area (Å²) in [4.78, 5) is 19.2. The van der Waals surface area contributed by atoms with Gasteiger partial charge < -0.3 is 15.0 Å². The third-order valence-corrected chi connectivity index (χ3v) is 4.98. The fourth-order valence-electron chi connectivity index (χ4n) is 3.62. The maximum Gasteiger partial charge on any atom is 0.310 e. The number of aromatic nitrogens is 2. The molecule has 7 nitrogen and oxygen atoms in total. The summed E-state index contributed by atoms with van der Waals surface area (Å²) in [6.07, 6.45) is 5.60.